The molecule has 2 atom stereocenters. The molecule has 0 saturated carbocycles. The Balaban J connectivity index is 1.65. The lowest BCUT2D eigenvalue weighted by Crippen LogP contribution is -2.41. The van der Waals surface area contributed by atoms with Crippen LogP contribution in [0.5, 0.6) is 0 Å². The molecular formula is C16H24N4O3. The van der Waals surface area contributed by atoms with Gasteiger partial charge in [-0.05, 0) is 37.7 Å². The maximum absolute atomic E-state index is 10.8. The number of anilines is 1. The maximum Gasteiger partial charge on any atom is 0.287 e. The van der Waals surface area contributed by atoms with Gasteiger partial charge in [-0.25, -0.2) is 4.98 Å². The van der Waals surface area contributed by atoms with Gasteiger partial charge < -0.3 is 14.9 Å². The second-order valence-electron chi connectivity index (χ2n) is 6.75. The number of aryl methyl sites for hydroxylation is 1. The van der Waals surface area contributed by atoms with E-state index >= 15 is 0 Å². The third kappa shape index (κ3) is 3.79. The predicted molar refractivity (Wildman–Crippen MR) is 87.6 cm³/mol. The summed E-state index contributed by atoms with van der Waals surface area (Å²) in [6.45, 7) is 6.54. The molecule has 1 aromatic heterocycles. The first kappa shape index (κ1) is 16.1. The maximum atomic E-state index is 10.8. The summed E-state index contributed by atoms with van der Waals surface area (Å²) in [5.41, 5.74) is 0.905. The van der Waals surface area contributed by atoms with Crippen LogP contribution in [0.2, 0.25) is 0 Å². The quantitative estimate of drug-likeness (QED) is 0.670. The Hall–Kier alpha value is -1.73. The van der Waals surface area contributed by atoms with Crippen LogP contribution in [0.25, 0.3) is 0 Å². The lowest BCUT2D eigenvalue weighted by atomic mass is 9.97. The van der Waals surface area contributed by atoms with Gasteiger partial charge in [0.15, 0.2) is 0 Å². The number of pyridine rings is 1. The van der Waals surface area contributed by atoms with Crippen LogP contribution in [-0.2, 0) is 0 Å². The summed E-state index contributed by atoms with van der Waals surface area (Å²) in [7, 11) is 0. The second-order valence-corrected chi connectivity index (χ2v) is 6.75. The molecule has 0 radical (unpaired) electrons. The molecule has 2 fully saturated rings. The number of piperidine rings is 1. The van der Waals surface area contributed by atoms with Gasteiger partial charge >= 0.3 is 0 Å². The molecule has 0 spiro atoms. The molecule has 3 heterocycles. The normalized spacial score (nSPS) is 25.7. The van der Waals surface area contributed by atoms with Crippen molar-refractivity contribution in [2.75, 3.05) is 37.6 Å². The molecule has 0 aliphatic carbocycles. The van der Waals surface area contributed by atoms with Gasteiger partial charge in [0.1, 0.15) is 12.0 Å². The highest BCUT2D eigenvalue weighted by Crippen LogP contribution is 2.27. The zero-order valence-corrected chi connectivity index (χ0v) is 13.5. The van der Waals surface area contributed by atoms with Crippen molar-refractivity contribution in [3.63, 3.8) is 0 Å². The van der Waals surface area contributed by atoms with Gasteiger partial charge in [-0.3, -0.25) is 10.1 Å². The Bertz CT molecular complexity index is 580. The van der Waals surface area contributed by atoms with E-state index in [1.54, 1.807) is 6.07 Å². The van der Waals surface area contributed by atoms with Crippen LogP contribution in [0.4, 0.5) is 11.5 Å². The van der Waals surface area contributed by atoms with Gasteiger partial charge in [0, 0.05) is 38.8 Å². The van der Waals surface area contributed by atoms with E-state index in [1.165, 1.54) is 12.6 Å². The number of likely N-dealkylation sites (tertiary alicyclic amines) is 1. The number of nitro groups is 1. The zero-order chi connectivity index (χ0) is 16.4. The summed E-state index contributed by atoms with van der Waals surface area (Å²) in [6.07, 6.45) is 4.35. The molecule has 1 aromatic rings. The lowest BCUT2D eigenvalue weighted by Gasteiger charge is -2.36. The van der Waals surface area contributed by atoms with Gasteiger partial charge in [-0.2, -0.15) is 0 Å². The van der Waals surface area contributed by atoms with Crippen molar-refractivity contribution >= 4 is 11.5 Å². The molecule has 2 aliphatic heterocycles. The highest BCUT2D eigenvalue weighted by Gasteiger charge is 2.27. The molecule has 0 bridgehead atoms. The SMILES string of the molecule is Cc1cc([N+](=O)[O-])cnc1N1CCC[C@H](CN2CC[C@@H](O)C2)C1. The molecule has 0 amide bonds. The topological polar surface area (TPSA) is 82.7 Å². The van der Waals surface area contributed by atoms with Crippen molar-refractivity contribution in [1.29, 1.82) is 0 Å². The molecule has 7 nitrogen and oxygen atoms in total. The average molecular weight is 320 g/mol. The first-order valence-corrected chi connectivity index (χ1v) is 8.29. The number of aliphatic hydroxyl groups excluding tert-OH is 1. The van der Waals surface area contributed by atoms with Gasteiger partial charge in [0.25, 0.3) is 5.69 Å². The fraction of sp³-hybridized carbons (Fsp3) is 0.688. The van der Waals surface area contributed by atoms with Gasteiger partial charge in [-0.15, -0.1) is 0 Å². The molecule has 2 saturated heterocycles. The van der Waals surface area contributed by atoms with Gasteiger partial charge in [0.2, 0.25) is 0 Å². The van der Waals surface area contributed by atoms with Crippen LogP contribution < -0.4 is 4.90 Å². The van der Waals surface area contributed by atoms with E-state index < -0.39 is 4.92 Å². The Morgan fingerprint density at radius 3 is 2.87 bits per heavy atom. The summed E-state index contributed by atoms with van der Waals surface area (Å²) in [5, 5.41) is 20.5. The van der Waals surface area contributed by atoms with Gasteiger partial charge in [-0.1, -0.05) is 0 Å². The van der Waals surface area contributed by atoms with Crippen LogP contribution >= 0.6 is 0 Å². The molecule has 23 heavy (non-hydrogen) atoms. The monoisotopic (exact) mass is 320 g/mol. The first-order valence-electron chi connectivity index (χ1n) is 8.29. The molecule has 0 aromatic carbocycles. The zero-order valence-electron chi connectivity index (χ0n) is 13.5. The molecule has 7 heteroatoms. The van der Waals surface area contributed by atoms with E-state index in [0.29, 0.717) is 5.92 Å². The third-order valence-electron chi connectivity index (χ3n) is 4.83. The fourth-order valence-corrected chi connectivity index (χ4v) is 3.73. The van der Waals surface area contributed by atoms with Crippen LogP contribution in [-0.4, -0.2) is 58.7 Å². The summed E-state index contributed by atoms with van der Waals surface area (Å²) in [5.74, 6) is 1.42. The number of aromatic nitrogens is 1. The number of nitrogens with zero attached hydrogens (tertiary/aromatic N) is 4. The lowest BCUT2D eigenvalue weighted by molar-refractivity contribution is -0.385. The Morgan fingerprint density at radius 1 is 1.39 bits per heavy atom. The number of rotatable bonds is 4. The van der Waals surface area contributed by atoms with Crippen molar-refractivity contribution < 1.29 is 10.0 Å². The Kier molecular flexibility index (Phi) is 4.77. The van der Waals surface area contributed by atoms with E-state index in [1.807, 2.05) is 6.92 Å². The largest absolute Gasteiger partial charge is 0.392 e. The number of hydrogen-bond acceptors (Lipinski definition) is 6. The minimum atomic E-state index is -0.401. The predicted octanol–water partition coefficient (Wildman–Crippen LogP) is 1.58. The van der Waals surface area contributed by atoms with E-state index in [2.05, 4.69) is 14.8 Å². The highest BCUT2D eigenvalue weighted by molar-refractivity contribution is 5.50. The highest BCUT2D eigenvalue weighted by atomic mass is 16.6. The smallest absolute Gasteiger partial charge is 0.287 e. The molecule has 126 valence electrons. The van der Waals surface area contributed by atoms with Crippen molar-refractivity contribution in [1.82, 2.24) is 9.88 Å². The third-order valence-corrected chi connectivity index (χ3v) is 4.83. The van der Waals surface area contributed by atoms with Crippen LogP contribution in [0.15, 0.2) is 12.3 Å². The van der Waals surface area contributed by atoms with E-state index in [9.17, 15) is 15.2 Å². The standard InChI is InChI=1S/C16H24N4O3/c1-12-7-14(20(22)23)8-17-16(12)19-5-2-3-13(10-19)9-18-6-4-15(21)11-18/h7-8,13,15,21H,2-6,9-11H2,1H3/t13-,15-/m1/s1. The van der Waals surface area contributed by atoms with Gasteiger partial charge in [0.05, 0.1) is 11.0 Å². The van der Waals surface area contributed by atoms with E-state index in [-0.39, 0.29) is 11.8 Å². The minimum absolute atomic E-state index is 0.0471. The van der Waals surface area contributed by atoms with Crippen molar-refractivity contribution in [2.24, 2.45) is 5.92 Å². The van der Waals surface area contributed by atoms with Crippen LogP contribution in [0, 0.1) is 23.0 Å². The van der Waals surface area contributed by atoms with Crippen LogP contribution in [0.3, 0.4) is 0 Å². The van der Waals surface area contributed by atoms with E-state index in [4.69, 9.17) is 0 Å². The van der Waals surface area contributed by atoms with E-state index in [0.717, 1.165) is 56.9 Å². The second kappa shape index (κ2) is 6.80. The summed E-state index contributed by atoms with van der Waals surface area (Å²) in [6, 6.07) is 1.60. The van der Waals surface area contributed by atoms with Crippen molar-refractivity contribution in [3.8, 4) is 0 Å². The van der Waals surface area contributed by atoms with Crippen LogP contribution in [0.1, 0.15) is 24.8 Å². The Labute approximate surface area is 136 Å². The molecule has 1 N–H and O–H groups in total. The average Bonchev–Trinajstić information content (AvgIpc) is 2.92. The van der Waals surface area contributed by atoms with Crippen molar-refractivity contribution in [2.45, 2.75) is 32.3 Å². The summed E-state index contributed by atoms with van der Waals surface area (Å²) >= 11 is 0. The minimum Gasteiger partial charge on any atom is -0.392 e. The van der Waals surface area contributed by atoms with Crippen molar-refractivity contribution in [3.05, 3.63) is 27.9 Å². The molecule has 2 aliphatic rings. The number of aliphatic hydroxyl groups is 1. The number of β-amino-alcohol motifs (C(OH)–C–C–N with tert-alkyl or cyclic N) is 1. The molecule has 0 unspecified atom stereocenters. The first-order chi connectivity index (χ1) is 11.0. The summed E-state index contributed by atoms with van der Waals surface area (Å²) in [4.78, 5) is 19.4. The fourth-order valence-electron chi connectivity index (χ4n) is 3.73. The molecular weight excluding hydrogens is 296 g/mol. The summed E-state index contributed by atoms with van der Waals surface area (Å²) < 4.78 is 0. The number of hydrogen-bond donors (Lipinski definition) is 1. The molecule has 3 rings (SSSR count). The Morgan fingerprint density at radius 2 is 2.22 bits per heavy atom.